The molecule has 0 saturated carbocycles. The fourth-order valence-electron chi connectivity index (χ4n) is 2.28. The minimum absolute atomic E-state index is 0.148. The van der Waals surface area contributed by atoms with E-state index in [2.05, 4.69) is 40.6 Å². The lowest BCUT2D eigenvalue weighted by Gasteiger charge is -2.19. The number of nitrogens with zero attached hydrogens (tertiary/aromatic N) is 1. The molecule has 0 amide bonds. The van der Waals surface area contributed by atoms with Crippen molar-refractivity contribution in [2.24, 2.45) is 0 Å². The van der Waals surface area contributed by atoms with E-state index in [-0.39, 0.29) is 6.04 Å². The van der Waals surface area contributed by atoms with E-state index in [4.69, 9.17) is 11.6 Å². The van der Waals surface area contributed by atoms with Gasteiger partial charge in [-0.05, 0) is 35.4 Å². The molecule has 4 heteroatoms. The Morgan fingerprint density at radius 3 is 2.33 bits per heavy atom. The van der Waals surface area contributed by atoms with Crippen LogP contribution in [0.25, 0.3) is 0 Å². The molecule has 1 unspecified atom stereocenters. The molecule has 0 saturated heterocycles. The van der Waals surface area contributed by atoms with E-state index in [9.17, 15) is 0 Å². The van der Waals surface area contributed by atoms with Crippen LogP contribution < -0.4 is 5.32 Å². The van der Waals surface area contributed by atoms with Gasteiger partial charge in [-0.15, -0.1) is 11.3 Å². The lowest BCUT2D eigenvalue weighted by Crippen LogP contribution is -2.21. The van der Waals surface area contributed by atoms with Gasteiger partial charge in [-0.1, -0.05) is 41.9 Å². The standard InChI is InChI=1S/C17H15ClN2S/c18-16-7-6-15(21-16)12-20-17(13-4-2-1-3-5-13)14-8-10-19-11-9-14/h1-11,17,20H,12H2. The molecule has 1 aromatic carbocycles. The van der Waals surface area contributed by atoms with Crippen molar-refractivity contribution >= 4 is 22.9 Å². The van der Waals surface area contributed by atoms with Gasteiger partial charge in [0.05, 0.1) is 10.4 Å². The third-order valence-electron chi connectivity index (χ3n) is 3.28. The number of hydrogen-bond donors (Lipinski definition) is 1. The van der Waals surface area contributed by atoms with Crippen molar-refractivity contribution in [3.05, 3.63) is 87.3 Å². The molecular weight excluding hydrogens is 300 g/mol. The highest BCUT2D eigenvalue weighted by Crippen LogP contribution is 2.25. The van der Waals surface area contributed by atoms with Crippen LogP contribution in [0.4, 0.5) is 0 Å². The van der Waals surface area contributed by atoms with Gasteiger partial charge >= 0.3 is 0 Å². The Morgan fingerprint density at radius 2 is 1.67 bits per heavy atom. The fraction of sp³-hybridized carbons (Fsp3) is 0.118. The highest BCUT2D eigenvalue weighted by Gasteiger charge is 2.13. The molecule has 1 N–H and O–H groups in total. The van der Waals surface area contributed by atoms with Crippen LogP contribution in [0, 0.1) is 0 Å². The first-order valence-corrected chi connectivity index (χ1v) is 7.95. The highest BCUT2D eigenvalue weighted by molar-refractivity contribution is 7.16. The predicted octanol–water partition coefficient (Wildman–Crippen LogP) is 4.68. The SMILES string of the molecule is Clc1ccc(CNC(c2ccccc2)c2ccncc2)s1. The maximum atomic E-state index is 5.99. The second kappa shape index (κ2) is 6.85. The Hall–Kier alpha value is -1.68. The normalized spacial score (nSPS) is 12.2. The Labute approximate surface area is 133 Å². The number of hydrogen-bond acceptors (Lipinski definition) is 3. The summed E-state index contributed by atoms with van der Waals surface area (Å²) in [5, 5.41) is 3.61. The molecule has 0 radical (unpaired) electrons. The van der Waals surface area contributed by atoms with Gasteiger partial charge in [0.2, 0.25) is 0 Å². The number of benzene rings is 1. The number of nitrogens with one attached hydrogen (secondary N) is 1. The van der Waals surface area contributed by atoms with Gasteiger partial charge in [-0.25, -0.2) is 0 Å². The maximum Gasteiger partial charge on any atom is 0.0931 e. The van der Waals surface area contributed by atoms with Crippen molar-refractivity contribution in [2.45, 2.75) is 12.6 Å². The van der Waals surface area contributed by atoms with Crippen LogP contribution in [0.2, 0.25) is 4.34 Å². The maximum absolute atomic E-state index is 5.99. The Morgan fingerprint density at radius 1 is 0.952 bits per heavy atom. The Kier molecular flexibility index (Phi) is 4.65. The third kappa shape index (κ3) is 3.70. The van der Waals surface area contributed by atoms with Crippen LogP contribution in [0.15, 0.2) is 67.0 Å². The molecule has 0 bridgehead atoms. The van der Waals surface area contributed by atoms with E-state index in [1.165, 1.54) is 16.0 Å². The molecule has 0 aliphatic rings. The largest absolute Gasteiger partial charge is 0.301 e. The van der Waals surface area contributed by atoms with Crippen LogP contribution >= 0.6 is 22.9 Å². The molecule has 1 atom stereocenters. The number of thiophene rings is 1. The van der Waals surface area contributed by atoms with Gasteiger partial charge in [0.25, 0.3) is 0 Å². The van der Waals surface area contributed by atoms with Gasteiger partial charge in [-0.3, -0.25) is 4.98 Å². The van der Waals surface area contributed by atoms with Crippen LogP contribution in [-0.2, 0) is 6.54 Å². The summed E-state index contributed by atoms with van der Waals surface area (Å²) in [7, 11) is 0. The zero-order valence-electron chi connectivity index (χ0n) is 11.4. The summed E-state index contributed by atoms with van der Waals surface area (Å²) in [6.45, 7) is 0.791. The topological polar surface area (TPSA) is 24.9 Å². The third-order valence-corrected chi connectivity index (χ3v) is 4.51. The molecule has 106 valence electrons. The van der Waals surface area contributed by atoms with E-state index in [1.807, 2.05) is 36.7 Å². The molecule has 2 heterocycles. The molecule has 21 heavy (non-hydrogen) atoms. The molecule has 3 rings (SSSR count). The van der Waals surface area contributed by atoms with Crippen molar-refractivity contribution in [3.8, 4) is 0 Å². The molecule has 3 aromatic rings. The lowest BCUT2D eigenvalue weighted by molar-refractivity contribution is 0.609. The average molecular weight is 315 g/mol. The first kappa shape index (κ1) is 14.3. The monoisotopic (exact) mass is 314 g/mol. The molecule has 0 fully saturated rings. The summed E-state index contributed by atoms with van der Waals surface area (Å²) >= 11 is 7.60. The van der Waals surface area contributed by atoms with Crippen molar-refractivity contribution in [1.29, 1.82) is 0 Å². The van der Waals surface area contributed by atoms with E-state index in [0.717, 1.165) is 10.9 Å². The summed E-state index contributed by atoms with van der Waals surface area (Å²) in [6.07, 6.45) is 3.66. The van der Waals surface area contributed by atoms with Crippen LogP contribution in [0.5, 0.6) is 0 Å². The van der Waals surface area contributed by atoms with E-state index in [0.29, 0.717) is 0 Å². The average Bonchev–Trinajstić information content (AvgIpc) is 2.95. The van der Waals surface area contributed by atoms with Gasteiger partial charge in [-0.2, -0.15) is 0 Å². The summed E-state index contributed by atoms with van der Waals surface area (Å²) < 4.78 is 0.826. The van der Waals surface area contributed by atoms with Crippen LogP contribution in [0.3, 0.4) is 0 Å². The van der Waals surface area contributed by atoms with Crippen molar-refractivity contribution in [3.63, 3.8) is 0 Å². The summed E-state index contributed by atoms with van der Waals surface area (Å²) in [6, 6.07) is 18.7. The van der Waals surface area contributed by atoms with Gasteiger partial charge in [0, 0.05) is 23.8 Å². The molecule has 0 spiro atoms. The Bertz CT molecular complexity index is 643. The van der Waals surface area contributed by atoms with Crippen LogP contribution in [-0.4, -0.2) is 4.98 Å². The van der Waals surface area contributed by atoms with Gasteiger partial charge in [0.1, 0.15) is 0 Å². The van der Waals surface area contributed by atoms with Crippen molar-refractivity contribution in [2.75, 3.05) is 0 Å². The highest BCUT2D eigenvalue weighted by atomic mass is 35.5. The molecule has 0 aliphatic carbocycles. The first-order chi connectivity index (χ1) is 10.3. The first-order valence-electron chi connectivity index (χ1n) is 6.75. The minimum Gasteiger partial charge on any atom is -0.301 e. The number of halogens is 1. The van der Waals surface area contributed by atoms with Crippen molar-refractivity contribution < 1.29 is 0 Å². The minimum atomic E-state index is 0.148. The van der Waals surface area contributed by atoms with Gasteiger partial charge < -0.3 is 5.32 Å². The molecular formula is C17H15ClN2S. The quantitative estimate of drug-likeness (QED) is 0.740. The zero-order chi connectivity index (χ0) is 14.5. The fourth-order valence-corrected chi connectivity index (χ4v) is 3.32. The second-order valence-corrected chi connectivity index (χ2v) is 6.51. The van der Waals surface area contributed by atoms with E-state index in [1.54, 1.807) is 11.3 Å². The van der Waals surface area contributed by atoms with E-state index < -0.39 is 0 Å². The zero-order valence-corrected chi connectivity index (χ0v) is 12.9. The van der Waals surface area contributed by atoms with Gasteiger partial charge in [0.15, 0.2) is 0 Å². The second-order valence-electron chi connectivity index (χ2n) is 4.71. The number of rotatable bonds is 5. The number of aromatic nitrogens is 1. The summed E-state index contributed by atoms with van der Waals surface area (Å²) in [4.78, 5) is 5.33. The molecule has 0 aliphatic heterocycles. The Balaban J connectivity index is 1.83. The smallest absolute Gasteiger partial charge is 0.0931 e. The predicted molar refractivity (Wildman–Crippen MR) is 88.7 cm³/mol. The summed E-state index contributed by atoms with van der Waals surface area (Å²) in [5.74, 6) is 0. The summed E-state index contributed by atoms with van der Waals surface area (Å²) in [5.41, 5.74) is 2.45. The molecule has 2 nitrogen and oxygen atoms in total. The molecule has 2 aromatic heterocycles. The number of pyridine rings is 1. The van der Waals surface area contributed by atoms with Crippen molar-refractivity contribution in [1.82, 2.24) is 10.3 Å². The lowest BCUT2D eigenvalue weighted by atomic mass is 10.00. The van der Waals surface area contributed by atoms with Crippen LogP contribution in [0.1, 0.15) is 22.0 Å². The van der Waals surface area contributed by atoms with E-state index >= 15 is 0 Å².